The van der Waals surface area contributed by atoms with Gasteiger partial charge in [-0.05, 0) is 25.7 Å². The van der Waals surface area contributed by atoms with E-state index in [-0.39, 0.29) is 0 Å². The second-order valence-electron chi connectivity index (χ2n) is 4.82. The van der Waals surface area contributed by atoms with Gasteiger partial charge in [-0.2, -0.15) is 0 Å². The maximum Gasteiger partial charge on any atom is 0.241 e. The lowest BCUT2D eigenvalue weighted by Gasteiger charge is -2.00. The molecule has 0 bridgehead atoms. The van der Waals surface area contributed by atoms with Crippen LogP contribution in [-0.2, 0) is 13.1 Å². The Balaban J connectivity index is 1.40. The van der Waals surface area contributed by atoms with E-state index >= 15 is 0 Å². The highest BCUT2D eigenvalue weighted by Crippen LogP contribution is 2.05. The fourth-order valence-electron chi connectivity index (χ4n) is 2.22. The molecule has 4 heteroatoms. The smallest absolute Gasteiger partial charge is 0.241 e. The average molecular weight is 248 g/mol. The van der Waals surface area contributed by atoms with Gasteiger partial charge in [-0.25, -0.2) is 9.13 Å². The van der Waals surface area contributed by atoms with Gasteiger partial charge < -0.3 is 0 Å². The topological polar surface area (TPSA) is 39.3 Å². The molecule has 0 fully saturated rings. The Hall–Kier alpha value is -1.58. The maximum atomic E-state index is 3.07. The Morgan fingerprint density at radius 3 is 1.44 bits per heavy atom. The van der Waals surface area contributed by atoms with Crippen LogP contribution in [0.5, 0.6) is 0 Å². The number of nitrogens with one attached hydrogen (secondary N) is 2. The van der Waals surface area contributed by atoms with Crippen molar-refractivity contribution in [1.82, 2.24) is 9.97 Å². The van der Waals surface area contributed by atoms with Crippen molar-refractivity contribution >= 4 is 0 Å². The number of unbranched alkanes of at least 4 members (excludes halogenated alkanes) is 5. The summed E-state index contributed by atoms with van der Waals surface area (Å²) in [6.45, 7) is 2.28. The minimum Gasteiger partial charge on any atom is -0.250 e. The lowest BCUT2D eigenvalue weighted by atomic mass is 10.1. The van der Waals surface area contributed by atoms with E-state index in [4.69, 9.17) is 0 Å². The molecule has 0 atom stereocenters. The van der Waals surface area contributed by atoms with Gasteiger partial charge in [0.1, 0.15) is 24.8 Å². The molecule has 2 aromatic heterocycles. The number of H-pyrrole nitrogens is 2. The maximum absolute atomic E-state index is 3.07. The first-order chi connectivity index (χ1) is 8.95. The normalized spacial score (nSPS) is 10.9. The summed E-state index contributed by atoms with van der Waals surface area (Å²) in [5, 5.41) is 0. The third kappa shape index (κ3) is 4.73. The van der Waals surface area contributed by atoms with Crippen molar-refractivity contribution in [3.05, 3.63) is 37.4 Å². The minimum atomic E-state index is 1.14. The lowest BCUT2D eigenvalue weighted by molar-refractivity contribution is -0.696. The van der Waals surface area contributed by atoms with E-state index in [9.17, 15) is 0 Å². The highest BCUT2D eigenvalue weighted by Gasteiger charge is 1.98. The molecule has 0 aromatic carbocycles. The number of hydrogen-bond donors (Lipinski definition) is 2. The molecule has 2 rings (SSSR count). The van der Waals surface area contributed by atoms with Crippen molar-refractivity contribution in [3.8, 4) is 0 Å². The number of nitrogens with zero attached hydrogens (tertiary/aromatic N) is 2. The Morgan fingerprint density at radius 1 is 0.611 bits per heavy atom. The van der Waals surface area contributed by atoms with E-state index in [0.29, 0.717) is 0 Å². The van der Waals surface area contributed by atoms with Crippen LogP contribution in [0.1, 0.15) is 38.5 Å². The standard InChI is InChI=1S/C14H22N4/c1(3-5-9-17-11-7-15-13-17)2-4-6-10-18-12-8-16-14-18/h7-8,11-14H,1-6,9-10H2/p+2. The van der Waals surface area contributed by atoms with Crippen molar-refractivity contribution in [1.29, 1.82) is 0 Å². The molecule has 2 aromatic rings. The number of aromatic nitrogens is 4. The SMILES string of the molecule is c1c[n+](CCCCCCCC[n+]2cc[nH]c2)c[nH]1. The molecule has 0 aliphatic rings. The molecule has 0 aliphatic heterocycles. The summed E-state index contributed by atoms with van der Waals surface area (Å²) in [7, 11) is 0. The van der Waals surface area contributed by atoms with Crippen molar-refractivity contribution in [2.24, 2.45) is 0 Å². The predicted molar refractivity (Wildman–Crippen MR) is 69.7 cm³/mol. The molecule has 0 amide bonds. The van der Waals surface area contributed by atoms with E-state index in [0.717, 1.165) is 13.1 Å². The Labute approximate surface area is 109 Å². The first-order valence-corrected chi connectivity index (χ1v) is 6.99. The number of aryl methyl sites for hydroxylation is 2. The zero-order valence-electron chi connectivity index (χ0n) is 11.0. The molecule has 0 aliphatic carbocycles. The lowest BCUT2D eigenvalue weighted by Crippen LogP contribution is -2.30. The van der Waals surface area contributed by atoms with Gasteiger partial charge in [0.15, 0.2) is 0 Å². The van der Waals surface area contributed by atoms with Crippen LogP contribution in [0.25, 0.3) is 0 Å². The number of hydrogen-bond acceptors (Lipinski definition) is 0. The van der Waals surface area contributed by atoms with Crippen LogP contribution in [0.2, 0.25) is 0 Å². The van der Waals surface area contributed by atoms with Gasteiger partial charge in [0.05, 0.1) is 13.1 Å². The van der Waals surface area contributed by atoms with E-state index in [1.54, 1.807) is 0 Å². The summed E-state index contributed by atoms with van der Waals surface area (Å²) >= 11 is 0. The first kappa shape index (κ1) is 12.9. The van der Waals surface area contributed by atoms with Crippen LogP contribution >= 0.6 is 0 Å². The first-order valence-electron chi connectivity index (χ1n) is 6.99. The fraction of sp³-hybridized carbons (Fsp3) is 0.571. The Bertz CT molecular complexity index is 351. The zero-order valence-corrected chi connectivity index (χ0v) is 11.0. The van der Waals surface area contributed by atoms with Crippen LogP contribution in [0.15, 0.2) is 37.4 Å². The van der Waals surface area contributed by atoms with E-state index in [1.807, 2.05) is 25.0 Å². The average Bonchev–Trinajstić information content (AvgIpc) is 3.05. The highest BCUT2D eigenvalue weighted by molar-refractivity contribution is 4.56. The molecular formula is C14H24N4+2. The predicted octanol–water partition coefficient (Wildman–Crippen LogP) is 1.96. The molecule has 0 radical (unpaired) electrons. The van der Waals surface area contributed by atoms with Crippen molar-refractivity contribution in [2.45, 2.75) is 51.6 Å². The summed E-state index contributed by atoms with van der Waals surface area (Å²) in [6.07, 6.45) is 20.2. The van der Waals surface area contributed by atoms with E-state index in [1.165, 1.54) is 38.5 Å². The molecule has 4 nitrogen and oxygen atoms in total. The molecule has 2 N–H and O–H groups in total. The zero-order chi connectivity index (χ0) is 12.5. The van der Waals surface area contributed by atoms with E-state index < -0.39 is 0 Å². The molecule has 0 saturated heterocycles. The summed E-state index contributed by atoms with van der Waals surface area (Å²) in [5.41, 5.74) is 0. The summed E-state index contributed by atoms with van der Waals surface area (Å²) in [4.78, 5) is 6.14. The second-order valence-corrected chi connectivity index (χ2v) is 4.82. The van der Waals surface area contributed by atoms with Gasteiger partial charge in [0.2, 0.25) is 12.7 Å². The van der Waals surface area contributed by atoms with Crippen molar-refractivity contribution < 1.29 is 9.13 Å². The van der Waals surface area contributed by atoms with Crippen LogP contribution in [-0.4, -0.2) is 9.97 Å². The van der Waals surface area contributed by atoms with Crippen LogP contribution in [0.3, 0.4) is 0 Å². The highest BCUT2D eigenvalue weighted by atomic mass is 15.0. The molecule has 0 spiro atoms. The monoisotopic (exact) mass is 248 g/mol. The van der Waals surface area contributed by atoms with Gasteiger partial charge in [0.25, 0.3) is 0 Å². The van der Waals surface area contributed by atoms with Crippen LogP contribution in [0, 0.1) is 0 Å². The molecule has 2 heterocycles. The summed E-state index contributed by atoms with van der Waals surface area (Å²) in [5.74, 6) is 0. The quantitative estimate of drug-likeness (QED) is 0.503. The third-order valence-corrected chi connectivity index (χ3v) is 3.29. The number of rotatable bonds is 9. The molecular weight excluding hydrogens is 224 g/mol. The third-order valence-electron chi connectivity index (χ3n) is 3.29. The summed E-state index contributed by atoms with van der Waals surface area (Å²) < 4.78 is 4.42. The van der Waals surface area contributed by atoms with Crippen molar-refractivity contribution in [3.63, 3.8) is 0 Å². The molecule has 18 heavy (non-hydrogen) atoms. The second kappa shape index (κ2) is 7.69. The van der Waals surface area contributed by atoms with Gasteiger partial charge >= 0.3 is 0 Å². The largest absolute Gasteiger partial charge is 0.250 e. The van der Waals surface area contributed by atoms with Gasteiger partial charge in [-0.15, -0.1) is 0 Å². The van der Waals surface area contributed by atoms with Gasteiger partial charge in [0, 0.05) is 0 Å². The van der Waals surface area contributed by atoms with Gasteiger partial charge in [-0.3, -0.25) is 9.97 Å². The van der Waals surface area contributed by atoms with Crippen LogP contribution in [0.4, 0.5) is 0 Å². The summed E-state index contributed by atoms with van der Waals surface area (Å²) in [6, 6.07) is 0. The minimum absolute atomic E-state index is 1.14. The Morgan fingerprint density at radius 2 is 1.06 bits per heavy atom. The Kier molecular flexibility index (Phi) is 5.50. The molecule has 0 unspecified atom stereocenters. The molecule has 98 valence electrons. The van der Waals surface area contributed by atoms with Gasteiger partial charge in [-0.1, -0.05) is 12.8 Å². The van der Waals surface area contributed by atoms with Crippen LogP contribution < -0.4 is 9.13 Å². The number of imidazole rings is 2. The van der Waals surface area contributed by atoms with E-state index in [2.05, 4.69) is 31.5 Å². The fourth-order valence-corrected chi connectivity index (χ4v) is 2.22. The molecule has 0 saturated carbocycles. The van der Waals surface area contributed by atoms with Crippen molar-refractivity contribution in [2.75, 3.05) is 0 Å². The number of aromatic amines is 2.